The quantitative estimate of drug-likeness (QED) is 0.407. The highest BCUT2D eigenvalue weighted by Gasteiger charge is 2.36. The summed E-state index contributed by atoms with van der Waals surface area (Å²) in [5.41, 5.74) is -2.98. The van der Waals surface area contributed by atoms with Crippen LogP contribution in [0, 0.1) is 10.1 Å². The minimum Gasteiger partial charge on any atom is -0.477 e. The number of aromatic nitrogens is 1. The van der Waals surface area contributed by atoms with Crippen LogP contribution < -0.4 is 10.1 Å². The van der Waals surface area contributed by atoms with E-state index in [1.807, 2.05) is 5.32 Å². The van der Waals surface area contributed by atoms with Gasteiger partial charge in [-0.1, -0.05) is 0 Å². The van der Waals surface area contributed by atoms with Crippen molar-refractivity contribution >= 4 is 23.3 Å². The smallest absolute Gasteiger partial charge is 0.418 e. The second-order valence-electron chi connectivity index (χ2n) is 5.81. The molecule has 1 atom stereocenters. The van der Waals surface area contributed by atoms with Crippen molar-refractivity contribution in [3.63, 3.8) is 0 Å². The van der Waals surface area contributed by atoms with Gasteiger partial charge in [-0.05, 0) is 32.0 Å². The molecule has 0 aliphatic heterocycles. The van der Waals surface area contributed by atoms with Gasteiger partial charge < -0.3 is 14.8 Å². The van der Waals surface area contributed by atoms with E-state index in [4.69, 9.17) is 9.47 Å². The number of halogens is 3. The first kappa shape index (κ1) is 22.6. The van der Waals surface area contributed by atoms with Crippen LogP contribution in [-0.2, 0) is 15.7 Å². The van der Waals surface area contributed by atoms with Crippen LogP contribution in [0.4, 0.5) is 24.5 Å². The lowest BCUT2D eigenvalue weighted by atomic mass is 10.1. The Labute approximate surface area is 168 Å². The molecule has 0 spiro atoms. The molecule has 1 aromatic carbocycles. The molecule has 0 bridgehead atoms. The maximum atomic E-state index is 13.2. The van der Waals surface area contributed by atoms with Crippen LogP contribution in [0.3, 0.4) is 0 Å². The molecule has 1 amide bonds. The largest absolute Gasteiger partial charge is 0.477 e. The highest BCUT2D eigenvalue weighted by atomic mass is 19.4. The summed E-state index contributed by atoms with van der Waals surface area (Å²) in [6.07, 6.45) is -5.06. The van der Waals surface area contributed by atoms with Crippen molar-refractivity contribution in [1.29, 1.82) is 0 Å². The summed E-state index contributed by atoms with van der Waals surface area (Å²) in [7, 11) is 0. The van der Waals surface area contributed by atoms with Crippen molar-refractivity contribution in [3.05, 3.63) is 57.8 Å². The van der Waals surface area contributed by atoms with Crippen molar-refractivity contribution in [2.24, 2.45) is 0 Å². The Bertz CT molecular complexity index is 964. The van der Waals surface area contributed by atoms with Crippen molar-refractivity contribution in [1.82, 2.24) is 4.98 Å². The maximum Gasteiger partial charge on any atom is 0.418 e. The molecule has 0 fully saturated rings. The number of nitro benzene ring substituents is 1. The number of esters is 1. The first-order chi connectivity index (χ1) is 14.0. The number of carbonyl (C=O) groups excluding carboxylic acids is 2. The Kier molecular flexibility index (Phi) is 6.93. The highest BCUT2D eigenvalue weighted by Crippen LogP contribution is 2.37. The number of pyridine rings is 1. The summed E-state index contributed by atoms with van der Waals surface area (Å²) in [6, 6.07) is 4.66. The number of hydrogen-bond donors (Lipinski definition) is 1. The van der Waals surface area contributed by atoms with Gasteiger partial charge in [0.15, 0.2) is 6.10 Å². The molecule has 0 unspecified atom stereocenters. The molecule has 2 rings (SSSR count). The van der Waals surface area contributed by atoms with Crippen LogP contribution in [0.15, 0.2) is 36.5 Å². The maximum absolute atomic E-state index is 13.2. The normalized spacial score (nSPS) is 12.0. The Hall–Kier alpha value is -3.70. The zero-order valence-corrected chi connectivity index (χ0v) is 15.7. The average molecular weight is 427 g/mol. The molecule has 2 aromatic rings. The Balaban J connectivity index is 2.18. The van der Waals surface area contributed by atoms with Gasteiger partial charge in [0.1, 0.15) is 5.56 Å². The van der Waals surface area contributed by atoms with Crippen LogP contribution in [0.2, 0.25) is 0 Å². The molecule has 9 nitrogen and oxygen atoms in total. The van der Waals surface area contributed by atoms with Gasteiger partial charge >= 0.3 is 12.1 Å². The average Bonchev–Trinajstić information content (AvgIpc) is 2.67. The molecule has 12 heteroatoms. The third-order valence-corrected chi connectivity index (χ3v) is 3.70. The van der Waals surface area contributed by atoms with Crippen LogP contribution >= 0.6 is 0 Å². The number of nitrogens with one attached hydrogen (secondary N) is 1. The first-order valence-corrected chi connectivity index (χ1v) is 8.49. The standard InChI is InChI=1S/C18H16F3N3O6/c1-3-29-16-12(5-4-8-22-16)17(26)30-10(2)15(25)23-14-7-6-11(24(27)28)9-13(14)18(19,20)21/h4-10H,3H2,1-2H3,(H,23,25)/t10-/m1/s1. The fourth-order valence-electron chi connectivity index (χ4n) is 2.30. The number of alkyl halides is 3. The fourth-order valence-corrected chi connectivity index (χ4v) is 2.30. The van der Waals surface area contributed by atoms with E-state index in [2.05, 4.69) is 4.98 Å². The predicted molar refractivity (Wildman–Crippen MR) is 97.0 cm³/mol. The molecule has 0 saturated carbocycles. The van der Waals surface area contributed by atoms with E-state index in [1.54, 1.807) is 6.92 Å². The van der Waals surface area contributed by atoms with E-state index >= 15 is 0 Å². The molecule has 0 saturated heterocycles. The van der Waals surface area contributed by atoms with Gasteiger partial charge in [0, 0.05) is 18.3 Å². The zero-order chi connectivity index (χ0) is 22.5. The lowest BCUT2D eigenvalue weighted by molar-refractivity contribution is -0.385. The van der Waals surface area contributed by atoms with Crippen LogP contribution in [0.25, 0.3) is 0 Å². The Morgan fingerprint density at radius 3 is 2.60 bits per heavy atom. The third-order valence-electron chi connectivity index (χ3n) is 3.70. The number of ether oxygens (including phenoxy) is 2. The van der Waals surface area contributed by atoms with E-state index in [1.165, 1.54) is 18.3 Å². The van der Waals surface area contributed by atoms with E-state index in [0.717, 1.165) is 19.1 Å². The summed E-state index contributed by atoms with van der Waals surface area (Å²) < 4.78 is 49.8. The molecule has 0 aliphatic carbocycles. The van der Waals surface area contributed by atoms with E-state index in [9.17, 15) is 32.9 Å². The summed E-state index contributed by atoms with van der Waals surface area (Å²) >= 11 is 0. The number of nitrogens with zero attached hydrogens (tertiary/aromatic N) is 2. The monoisotopic (exact) mass is 427 g/mol. The van der Waals surface area contributed by atoms with Gasteiger partial charge in [-0.15, -0.1) is 0 Å². The Morgan fingerprint density at radius 2 is 2.00 bits per heavy atom. The predicted octanol–water partition coefficient (Wildman–Crippen LogP) is 3.59. The van der Waals surface area contributed by atoms with Crippen molar-refractivity contribution in [3.8, 4) is 5.88 Å². The minimum atomic E-state index is -4.96. The number of nitro groups is 1. The topological polar surface area (TPSA) is 121 Å². The molecule has 30 heavy (non-hydrogen) atoms. The Morgan fingerprint density at radius 1 is 1.30 bits per heavy atom. The molecular weight excluding hydrogens is 411 g/mol. The van der Waals surface area contributed by atoms with Crippen molar-refractivity contribution in [2.45, 2.75) is 26.1 Å². The molecule has 0 radical (unpaired) electrons. The molecule has 1 heterocycles. The number of non-ortho nitro benzene ring substituents is 1. The number of amides is 1. The molecular formula is C18H16F3N3O6. The van der Waals surface area contributed by atoms with E-state index in [0.29, 0.717) is 6.07 Å². The van der Waals surface area contributed by atoms with Crippen molar-refractivity contribution < 1.29 is 37.2 Å². The zero-order valence-electron chi connectivity index (χ0n) is 15.7. The number of hydrogen-bond acceptors (Lipinski definition) is 7. The van der Waals surface area contributed by atoms with Gasteiger partial charge in [0.05, 0.1) is 22.8 Å². The van der Waals surface area contributed by atoms with Gasteiger partial charge in [0.25, 0.3) is 11.6 Å². The summed E-state index contributed by atoms with van der Waals surface area (Å²) in [5.74, 6) is -2.05. The van der Waals surface area contributed by atoms with Gasteiger partial charge in [0.2, 0.25) is 5.88 Å². The van der Waals surface area contributed by atoms with Crippen molar-refractivity contribution in [2.75, 3.05) is 11.9 Å². The fraction of sp³-hybridized carbons (Fsp3) is 0.278. The van der Waals surface area contributed by atoms with Gasteiger partial charge in [-0.3, -0.25) is 14.9 Å². The second kappa shape index (κ2) is 9.20. The highest BCUT2D eigenvalue weighted by molar-refractivity contribution is 5.98. The summed E-state index contributed by atoms with van der Waals surface area (Å²) in [6.45, 7) is 3.04. The van der Waals surface area contributed by atoms with Gasteiger partial charge in [-0.25, -0.2) is 9.78 Å². The van der Waals surface area contributed by atoms with Gasteiger partial charge in [-0.2, -0.15) is 13.2 Å². The van der Waals surface area contributed by atoms with E-state index < -0.39 is 46.0 Å². The number of benzene rings is 1. The lowest BCUT2D eigenvalue weighted by Crippen LogP contribution is -2.31. The SMILES string of the molecule is CCOc1ncccc1C(=O)O[C@H](C)C(=O)Nc1ccc([N+](=O)[O-])cc1C(F)(F)F. The first-order valence-electron chi connectivity index (χ1n) is 8.49. The van der Waals surface area contributed by atoms with Crippen LogP contribution in [0.1, 0.15) is 29.8 Å². The third kappa shape index (κ3) is 5.43. The molecule has 160 valence electrons. The summed E-state index contributed by atoms with van der Waals surface area (Å²) in [5, 5.41) is 12.7. The molecule has 1 aromatic heterocycles. The second-order valence-corrected chi connectivity index (χ2v) is 5.81. The minimum absolute atomic E-state index is 0.0210. The lowest BCUT2D eigenvalue weighted by Gasteiger charge is -2.17. The molecule has 1 N–H and O–H groups in total. The van der Waals surface area contributed by atoms with Crippen LogP contribution in [-0.4, -0.2) is 34.5 Å². The number of anilines is 1. The summed E-state index contributed by atoms with van der Waals surface area (Å²) in [4.78, 5) is 38.1. The number of rotatable bonds is 7. The molecule has 0 aliphatic rings. The van der Waals surface area contributed by atoms with E-state index in [-0.39, 0.29) is 18.1 Å². The number of carbonyl (C=O) groups is 2. The van der Waals surface area contributed by atoms with Crippen LogP contribution in [0.5, 0.6) is 5.88 Å².